The van der Waals surface area contributed by atoms with Crippen LogP contribution < -0.4 is 0 Å². The van der Waals surface area contributed by atoms with E-state index in [0.29, 0.717) is 13.1 Å². The maximum atomic E-state index is 11.2. The van der Waals surface area contributed by atoms with E-state index >= 15 is 0 Å². The SMILES string of the molecule is CC.CCCCN(CCC)S(C)(=O)=O. The summed E-state index contributed by atoms with van der Waals surface area (Å²) in [7, 11) is -2.97. The normalized spacial score (nSPS) is 11.0. The quantitative estimate of drug-likeness (QED) is 0.694. The Kier molecular flexibility index (Phi) is 11.0. The third-order valence-corrected chi connectivity index (χ3v) is 3.01. The van der Waals surface area contributed by atoms with Gasteiger partial charge in [-0.1, -0.05) is 34.1 Å². The predicted molar refractivity (Wildman–Crippen MR) is 63.0 cm³/mol. The van der Waals surface area contributed by atoms with Gasteiger partial charge in [-0.05, 0) is 12.8 Å². The molecular weight excluding hydrogens is 198 g/mol. The molecule has 0 saturated heterocycles. The fraction of sp³-hybridized carbons (Fsp3) is 1.00. The second-order valence-electron chi connectivity index (χ2n) is 3.02. The van der Waals surface area contributed by atoms with Crippen LogP contribution in [0.5, 0.6) is 0 Å². The van der Waals surface area contributed by atoms with Crippen LogP contribution in [0.1, 0.15) is 47.0 Å². The highest BCUT2D eigenvalue weighted by atomic mass is 32.2. The van der Waals surface area contributed by atoms with Gasteiger partial charge in [-0.15, -0.1) is 0 Å². The number of hydrogen-bond donors (Lipinski definition) is 0. The van der Waals surface area contributed by atoms with E-state index < -0.39 is 10.0 Å². The summed E-state index contributed by atoms with van der Waals surface area (Å²) >= 11 is 0. The standard InChI is InChI=1S/C8H19NO2S.C2H6/c1-4-6-8-9(7-5-2)12(3,10)11;1-2/h4-8H2,1-3H3;1-2H3. The summed E-state index contributed by atoms with van der Waals surface area (Å²) in [6.45, 7) is 9.37. The molecule has 0 aliphatic rings. The van der Waals surface area contributed by atoms with E-state index in [1.807, 2.05) is 20.8 Å². The van der Waals surface area contributed by atoms with Crippen molar-refractivity contribution in [1.29, 1.82) is 0 Å². The molecule has 0 spiro atoms. The lowest BCUT2D eigenvalue weighted by molar-refractivity contribution is 0.406. The Morgan fingerprint density at radius 2 is 1.50 bits per heavy atom. The van der Waals surface area contributed by atoms with Gasteiger partial charge in [0, 0.05) is 13.1 Å². The monoisotopic (exact) mass is 223 g/mol. The lowest BCUT2D eigenvalue weighted by Crippen LogP contribution is -2.31. The third kappa shape index (κ3) is 8.51. The van der Waals surface area contributed by atoms with Crippen molar-refractivity contribution in [2.24, 2.45) is 0 Å². The maximum absolute atomic E-state index is 11.2. The van der Waals surface area contributed by atoms with Crippen LogP contribution in [0.2, 0.25) is 0 Å². The van der Waals surface area contributed by atoms with Crippen LogP contribution in [-0.4, -0.2) is 32.1 Å². The van der Waals surface area contributed by atoms with Crippen molar-refractivity contribution in [3.8, 4) is 0 Å². The zero-order chi connectivity index (χ0) is 11.6. The summed E-state index contributed by atoms with van der Waals surface area (Å²) in [6, 6.07) is 0. The van der Waals surface area contributed by atoms with E-state index in [1.165, 1.54) is 6.26 Å². The molecule has 0 aliphatic carbocycles. The molecule has 0 aromatic heterocycles. The molecule has 0 saturated carbocycles. The molecule has 3 nitrogen and oxygen atoms in total. The highest BCUT2D eigenvalue weighted by Gasteiger charge is 2.13. The molecule has 0 unspecified atom stereocenters. The molecule has 0 heterocycles. The first-order valence-corrected chi connectivity index (χ1v) is 7.32. The Morgan fingerprint density at radius 3 is 1.79 bits per heavy atom. The highest BCUT2D eigenvalue weighted by molar-refractivity contribution is 7.88. The van der Waals surface area contributed by atoms with Crippen LogP contribution in [0.3, 0.4) is 0 Å². The van der Waals surface area contributed by atoms with E-state index in [4.69, 9.17) is 0 Å². The molecule has 0 N–H and O–H groups in total. The molecule has 0 bridgehead atoms. The first-order chi connectivity index (χ1) is 6.52. The van der Waals surface area contributed by atoms with Crippen molar-refractivity contribution in [2.45, 2.75) is 47.0 Å². The van der Waals surface area contributed by atoms with Gasteiger partial charge in [0.25, 0.3) is 0 Å². The summed E-state index contributed by atoms with van der Waals surface area (Å²) in [5.41, 5.74) is 0. The zero-order valence-electron chi connectivity index (χ0n) is 10.2. The summed E-state index contributed by atoms with van der Waals surface area (Å²) in [5, 5.41) is 0. The predicted octanol–water partition coefficient (Wildman–Crippen LogP) is 2.48. The summed E-state index contributed by atoms with van der Waals surface area (Å²) in [6.07, 6.45) is 4.15. The number of nitrogens with zero attached hydrogens (tertiary/aromatic N) is 1. The second-order valence-corrected chi connectivity index (χ2v) is 5.00. The van der Waals surface area contributed by atoms with Crippen molar-refractivity contribution in [3.05, 3.63) is 0 Å². The molecule has 0 aromatic carbocycles. The van der Waals surface area contributed by atoms with E-state index in [9.17, 15) is 8.42 Å². The fourth-order valence-corrected chi connectivity index (χ4v) is 2.00. The molecule has 0 aromatic rings. The Balaban J connectivity index is 0. The van der Waals surface area contributed by atoms with Crippen molar-refractivity contribution >= 4 is 10.0 Å². The van der Waals surface area contributed by atoms with Gasteiger partial charge in [0.2, 0.25) is 10.0 Å². The maximum Gasteiger partial charge on any atom is 0.211 e. The van der Waals surface area contributed by atoms with Gasteiger partial charge in [-0.2, -0.15) is 0 Å². The number of unbranched alkanes of at least 4 members (excludes halogenated alkanes) is 1. The topological polar surface area (TPSA) is 37.4 Å². The average Bonchev–Trinajstić information content (AvgIpc) is 2.14. The minimum absolute atomic E-state index is 0.652. The van der Waals surface area contributed by atoms with Crippen LogP contribution in [0, 0.1) is 0 Å². The van der Waals surface area contributed by atoms with Crippen molar-refractivity contribution in [2.75, 3.05) is 19.3 Å². The molecule has 0 fully saturated rings. The molecule has 14 heavy (non-hydrogen) atoms. The molecule has 4 heteroatoms. The summed E-state index contributed by atoms with van der Waals surface area (Å²) in [4.78, 5) is 0. The first kappa shape index (κ1) is 16.3. The van der Waals surface area contributed by atoms with E-state index in [-0.39, 0.29) is 0 Å². The van der Waals surface area contributed by atoms with Gasteiger partial charge in [0.15, 0.2) is 0 Å². The highest BCUT2D eigenvalue weighted by Crippen LogP contribution is 2.02. The molecule has 0 amide bonds. The zero-order valence-corrected chi connectivity index (χ0v) is 11.0. The van der Waals surface area contributed by atoms with Crippen LogP contribution >= 0.6 is 0 Å². The fourth-order valence-electron chi connectivity index (χ4n) is 1.03. The Morgan fingerprint density at radius 1 is 1.00 bits per heavy atom. The summed E-state index contributed by atoms with van der Waals surface area (Å²) in [5.74, 6) is 0. The molecule has 0 aliphatic heterocycles. The average molecular weight is 223 g/mol. The first-order valence-electron chi connectivity index (χ1n) is 5.47. The van der Waals surface area contributed by atoms with Crippen molar-refractivity contribution < 1.29 is 8.42 Å². The number of rotatable bonds is 6. The Labute approximate surface area is 89.6 Å². The molecular formula is C10H25NO2S. The van der Waals surface area contributed by atoms with Crippen molar-refractivity contribution in [3.63, 3.8) is 0 Å². The van der Waals surface area contributed by atoms with E-state index in [0.717, 1.165) is 19.3 Å². The Bertz CT molecular complexity index is 200. The summed E-state index contributed by atoms with van der Waals surface area (Å²) < 4.78 is 23.9. The third-order valence-electron chi connectivity index (χ3n) is 1.70. The van der Waals surface area contributed by atoms with Gasteiger partial charge < -0.3 is 0 Å². The van der Waals surface area contributed by atoms with Gasteiger partial charge >= 0.3 is 0 Å². The molecule has 0 rings (SSSR count). The Hall–Kier alpha value is -0.0900. The lowest BCUT2D eigenvalue weighted by atomic mass is 10.3. The molecule has 0 radical (unpaired) electrons. The van der Waals surface area contributed by atoms with Crippen LogP contribution in [0.15, 0.2) is 0 Å². The van der Waals surface area contributed by atoms with Gasteiger partial charge in [0.1, 0.15) is 0 Å². The van der Waals surface area contributed by atoms with E-state index in [2.05, 4.69) is 6.92 Å². The van der Waals surface area contributed by atoms with E-state index in [1.54, 1.807) is 4.31 Å². The second kappa shape index (κ2) is 9.46. The van der Waals surface area contributed by atoms with Crippen LogP contribution in [-0.2, 0) is 10.0 Å². The molecule has 88 valence electrons. The van der Waals surface area contributed by atoms with Gasteiger partial charge in [-0.25, -0.2) is 12.7 Å². The minimum Gasteiger partial charge on any atom is -0.213 e. The van der Waals surface area contributed by atoms with Gasteiger partial charge in [-0.3, -0.25) is 0 Å². The van der Waals surface area contributed by atoms with Crippen LogP contribution in [0.4, 0.5) is 0 Å². The van der Waals surface area contributed by atoms with Crippen molar-refractivity contribution in [1.82, 2.24) is 4.31 Å². The van der Waals surface area contributed by atoms with Crippen LogP contribution in [0.25, 0.3) is 0 Å². The van der Waals surface area contributed by atoms with Gasteiger partial charge in [0.05, 0.1) is 6.26 Å². The number of sulfonamides is 1. The smallest absolute Gasteiger partial charge is 0.211 e. The minimum atomic E-state index is -2.97. The molecule has 0 atom stereocenters. The largest absolute Gasteiger partial charge is 0.213 e. The number of hydrogen-bond acceptors (Lipinski definition) is 2. The lowest BCUT2D eigenvalue weighted by Gasteiger charge is -2.18.